The fourth-order valence-corrected chi connectivity index (χ4v) is 1.89. The first-order chi connectivity index (χ1) is 13.3. The minimum atomic E-state index is -0.742. The summed E-state index contributed by atoms with van der Waals surface area (Å²) in [7, 11) is 0. The lowest BCUT2D eigenvalue weighted by Crippen LogP contribution is -2.26. The van der Waals surface area contributed by atoms with Gasteiger partial charge in [-0.1, -0.05) is 0 Å². The van der Waals surface area contributed by atoms with Crippen LogP contribution in [0, 0.1) is 20.2 Å². The summed E-state index contributed by atoms with van der Waals surface area (Å²) in [6.07, 6.45) is 2.38. The molecule has 0 bridgehead atoms. The summed E-state index contributed by atoms with van der Waals surface area (Å²) in [6, 6.07) is 7.30. The Morgan fingerprint density at radius 2 is 1.46 bits per heavy atom. The lowest BCUT2D eigenvalue weighted by Gasteiger charge is -1.98. The summed E-state index contributed by atoms with van der Waals surface area (Å²) < 4.78 is 0. The third kappa shape index (κ3) is 5.22. The molecule has 13 nitrogen and oxygen atoms in total. The summed E-state index contributed by atoms with van der Waals surface area (Å²) in [6.45, 7) is 0. The number of nitro groups is 2. The van der Waals surface area contributed by atoms with Crippen molar-refractivity contribution in [3.63, 3.8) is 0 Å². The van der Waals surface area contributed by atoms with Crippen molar-refractivity contribution in [3.05, 3.63) is 67.8 Å². The maximum absolute atomic E-state index is 10.7. The van der Waals surface area contributed by atoms with Crippen molar-refractivity contribution >= 4 is 29.8 Å². The highest BCUT2D eigenvalue weighted by Gasteiger charge is 2.13. The van der Waals surface area contributed by atoms with Crippen LogP contribution in [0.15, 0.2) is 51.7 Å². The van der Waals surface area contributed by atoms with E-state index >= 15 is 0 Å². The van der Waals surface area contributed by atoms with Gasteiger partial charge in [-0.25, -0.2) is 5.43 Å². The molecule has 0 amide bonds. The van der Waals surface area contributed by atoms with Crippen LogP contribution in [-0.4, -0.2) is 38.4 Å². The number of aromatic hydroxyl groups is 2. The maximum atomic E-state index is 10.7. The Morgan fingerprint density at radius 1 is 0.964 bits per heavy atom. The summed E-state index contributed by atoms with van der Waals surface area (Å²) in [5, 5.41) is 51.1. The van der Waals surface area contributed by atoms with Crippen molar-refractivity contribution < 1.29 is 20.1 Å². The number of nitrogens with two attached hydrogens (primary N) is 1. The van der Waals surface area contributed by atoms with Gasteiger partial charge in [-0.05, 0) is 24.3 Å². The number of nitro benzene ring substituents is 2. The SMILES string of the molecule is N/C(=N\N=C\c1ccc(O)c([N+](=O)[O-])c1)N/N=C/c1ccc(O)c([N+](=O)[O-])c1. The molecular formula is C15H13N7O6. The van der Waals surface area contributed by atoms with Crippen LogP contribution in [0.1, 0.15) is 11.1 Å². The smallest absolute Gasteiger partial charge is 0.311 e. The monoisotopic (exact) mass is 387 g/mol. The van der Waals surface area contributed by atoms with Gasteiger partial charge in [0.15, 0.2) is 11.5 Å². The van der Waals surface area contributed by atoms with Crippen molar-refractivity contribution in [3.8, 4) is 11.5 Å². The van der Waals surface area contributed by atoms with Gasteiger partial charge in [0.05, 0.1) is 22.3 Å². The predicted molar refractivity (Wildman–Crippen MR) is 99.5 cm³/mol. The first-order valence-electron chi connectivity index (χ1n) is 7.38. The van der Waals surface area contributed by atoms with Crippen LogP contribution < -0.4 is 11.2 Å². The third-order valence-corrected chi connectivity index (χ3v) is 3.16. The van der Waals surface area contributed by atoms with Crippen LogP contribution in [0.3, 0.4) is 0 Å². The predicted octanol–water partition coefficient (Wildman–Crippen LogP) is 1.19. The molecule has 0 aromatic heterocycles. The molecule has 2 aromatic carbocycles. The van der Waals surface area contributed by atoms with Gasteiger partial charge in [0.2, 0.25) is 5.96 Å². The Balaban J connectivity index is 2.01. The Bertz CT molecular complexity index is 1000. The largest absolute Gasteiger partial charge is 0.502 e. The standard InChI is InChI=1S/C15H13N7O6/c16-15(19-17-7-9-1-3-13(23)11(5-9)21(25)26)20-18-8-10-2-4-14(24)12(6-10)22(27)28/h1-8,23-24H,(H3,16,19,20)/b17-7+,18-8+. The number of nitrogens with zero attached hydrogens (tertiary/aromatic N) is 5. The minimum absolute atomic E-state index is 0.228. The fourth-order valence-electron chi connectivity index (χ4n) is 1.89. The molecule has 28 heavy (non-hydrogen) atoms. The summed E-state index contributed by atoms with van der Waals surface area (Å²) in [5.74, 6) is -1.18. The van der Waals surface area contributed by atoms with Gasteiger partial charge in [0.1, 0.15) is 0 Å². The molecule has 144 valence electrons. The van der Waals surface area contributed by atoms with Crippen molar-refractivity contribution in [1.29, 1.82) is 0 Å². The summed E-state index contributed by atoms with van der Waals surface area (Å²) in [5.41, 5.74) is 7.52. The van der Waals surface area contributed by atoms with Gasteiger partial charge in [-0.3, -0.25) is 20.2 Å². The highest BCUT2D eigenvalue weighted by Crippen LogP contribution is 2.26. The zero-order valence-corrected chi connectivity index (χ0v) is 14.0. The lowest BCUT2D eigenvalue weighted by atomic mass is 10.2. The van der Waals surface area contributed by atoms with E-state index in [4.69, 9.17) is 5.73 Å². The molecule has 0 radical (unpaired) electrons. The number of nitrogens with one attached hydrogen (secondary N) is 1. The van der Waals surface area contributed by atoms with E-state index in [1.807, 2.05) is 0 Å². The van der Waals surface area contributed by atoms with E-state index < -0.39 is 32.7 Å². The van der Waals surface area contributed by atoms with Crippen LogP contribution in [0.25, 0.3) is 0 Å². The number of phenolic OH excluding ortho intramolecular Hbond substituents is 2. The first kappa shape index (κ1) is 19.8. The number of guanidine groups is 1. The van der Waals surface area contributed by atoms with E-state index in [2.05, 4.69) is 20.7 Å². The molecule has 0 saturated heterocycles. The average molecular weight is 387 g/mol. The van der Waals surface area contributed by atoms with Crippen LogP contribution in [0.5, 0.6) is 11.5 Å². The number of hydrogen-bond acceptors (Lipinski definition) is 9. The van der Waals surface area contributed by atoms with Crippen molar-refractivity contribution in [2.24, 2.45) is 21.0 Å². The second-order valence-electron chi connectivity index (χ2n) is 5.11. The summed E-state index contributed by atoms with van der Waals surface area (Å²) in [4.78, 5) is 20.0. The van der Waals surface area contributed by atoms with Crippen LogP contribution >= 0.6 is 0 Å². The van der Waals surface area contributed by atoms with E-state index in [9.17, 15) is 30.4 Å². The van der Waals surface area contributed by atoms with E-state index in [0.717, 1.165) is 24.3 Å². The molecule has 13 heteroatoms. The summed E-state index contributed by atoms with van der Waals surface area (Å²) >= 11 is 0. The van der Waals surface area contributed by atoms with Gasteiger partial charge in [0.25, 0.3) is 0 Å². The third-order valence-electron chi connectivity index (χ3n) is 3.16. The highest BCUT2D eigenvalue weighted by atomic mass is 16.6. The molecule has 0 spiro atoms. The second kappa shape index (κ2) is 8.70. The Hall–Kier alpha value is -4.55. The minimum Gasteiger partial charge on any atom is -0.502 e. The topological polar surface area (TPSA) is 202 Å². The molecule has 0 aliphatic carbocycles. The van der Waals surface area contributed by atoms with E-state index in [0.29, 0.717) is 11.1 Å². The van der Waals surface area contributed by atoms with Gasteiger partial charge >= 0.3 is 11.4 Å². The quantitative estimate of drug-likeness (QED) is 0.245. The van der Waals surface area contributed by atoms with Crippen molar-refractivity contribution in [1.82, 2.24) is 5.43 Å². The molecule has 0 heterocycles. The number of benzene rings is 2. The lowest BCUT2D eigenvalue weighted by molar-refractivity contribution is -0.386. The first-order valence-corrected chi connectivity index (χ1v) is 7.38. The number of hydrogen-bond donors (Lipinski definition) is 4. The maximum Gasteiger partial charge on any atom is 0.311 e. The second-order valence-corrected chi connectivity index (χ2v) is 5.11. The number of phenols is 2. The highest BCUT2D eigenvalue weighted by molar-refractivity contribution is 5.85. The zero-order valence-electron chi connectivity index (χ0n) is 14.0. The molecule has 0 unspecified atom stereocenters. The number of hydrazone groups is 1. The van der Waals surface area contributed by atoms with Gasteiger partial charge in [-0.15, -0.1) is 5.10 Å². The average Bonchev–Trinajstić information content (AvgIpc) is 2.64. The van der Waals surface area contributed by atoms with E-state index in [1.54, 1.807) is 0 Å². The zero-order chi connectivity index (χ0) is 20.7. The fraction of sp³-hybridized carbons (Fsp3) is 0. The molecule has 0 aliphatic rings. The Morgan fingerprint density at radius 3 is 1.96 bits per heavy atom. The van der Waals surface area contributed by atoms with Crippen molar-refractivity contribution in [2.75, 3.05) is 0 Å². The van der Waals surface area contributed by atoms with Crippen LogP contribution in [-0.2, 0) is 0 Å². The van der Waals surface area contributed by atoms with Crippen LogP contribution in [0.4, 0.5) is 11.4 Å². The molecule has 2 aromatic rings. The number of rotatable bonds is 6. The van der Waals surface area contributed by atoms with E-state index in [1.165, 1.54) is 24.6 Å². The molecule has 5 N–H and O–H groups in total. The van der Waals surface area contributed by atoms with E-state index in [-0.39, 0.29) is 5.96 Å². The van der Waals surface area contributed by atoms with Gasteiger partial charge < -0.3 is 15.9 Å². The molecular weight excluding hydrogens is 374 g/mol. The van der Waals surface area contributed by atoms with Gasteiger partial charge in [0, 0.05) is 23.3 Å². The molecule has 0 atom stereocenters. The normalized spacial score (nSPS) is 11.8. The molecule has 0 aliphatic heterocycles. The van der Waals surface area contributed by atoms with Crippen LogP contribution in [0.2, 0.25) is 0 Å². The van der Waals surface area contributed by atoms with Crippen molar-refractivity contribution in [2.45, 2.75) is 0 Å². The molecule has 2 rings (SSSR count). The molecule has 0 saturated carbocycles. The molecule has 0 fully saturated rings. The van der Waals surface area contributed by atoms with Gasteiger partial charge in [-0.2, -0.15) is 10.2 Å². The Kier molecular flexibility index (Phi) is 6.15. The Labute approximate surface area is 156 Å².